The topological polar surface area (TPSA) is 84.6 Å². The first-order valence-corrected chi connectivity index (χ1v) is 7.37. The Morgan fingerprint density at radius 3 is 2.05 bits per heavy atom. The van der Waals surface area contributed by atoms with Gasteiger partial charge in [0.05, 0.1) is 12.1 Å². The van der Waals surface area contributed by atoms with Crippen LogP contribution in [0, 0.1) is 11.8 Å². The lowest BCUT2D eigenvalue weighted by molar-refractivity contribution is 0.0344. The van der Waals surface area contributed by atoms with Crippen molar-refractivity contribution in [2.75, 3.05) is 0 Å². The first kappa shape index (κ1) is 19.2. The van der Waals surface area contributed by atoms with E-state index in [1.807, 2.05) is 48.5 Å². The van der Waals surface area contributed by atoms with Crippen LogP contribution in [0.1, 0.15) is 54.9 Å². The van der Waals surface area contributed by atoms with Gasteiger partial charge in [-0.3, -0.25) is 0 Å². The fourth-order valence-corrected chi connectivity index (χ4v) is 1.85. The summed E-state index contributed by atoms with van der Waals surface area (Å²) in [5.41, 5.74) is 5.43. The highest BCUT2D eigenvalue weighted by Crippen LogP contribution is 2.15. The van der Waals surface area contributed by atoms with Crippen LogP contribution < -0.4 is 11.1 Å². The van der Waals surface area contributed by atoms with E-state index in [0.29, 0.717) is 12.3 Å². The predicted octanol–water partition coefficient (Wildman–Crippen LogP) is 2.27. The van der Waals surface area contributed by atoms with E-state index in [2.05, 4.69) is 5.32 Å². The number of hydrogen-bond donors (Lipinski definition) is 3. The van der Waals surface area contributed by atoms with Crippen molar-refractivity contribution in [2.45, 2.75) is 78.7 Å². The lowest BCUT2D eigenvalue weighted by Crippen LogP contribution is -2.50. The van der Waals surface area contributed by atoms with Crippen LogP contribution >= 0.6 is 0 Å². The highest BCUT2D eigenvalue weighted by molar-refractivity contribution is 5.68. The van der Waals surface area contributed by atoms with E-state index < -0.39 is 17.8 Å². The summed E-state index contributed by atoms with van der Waals surface area (Å²) in [4.78, 5) is 11.8. The van der Waals surface area contributed by atoms with Crippen LogP contribution in [0.15, 0.2) is 0 Å². The molecule has 120 valence electrons. The van der Waals surface area contributed by atoms with E-state index in [4.69, 9.17) is 10.5 Å². The van der Waals surface area contributed by atoms with Gasteiger partial charge in [-0.1, -0.05) is 27.7 Å². The van der Waals surface area contributed by atoms with E-state index in [-0.39, 0.29) is 18.0 Å². The molecule has 0 aliphatic heterocycles. The molecular formula is C15H32N2O3. The predicted molar refractivity (Wildman–Crippen MR) is 81.4 cm³/mol. The lowest BCUT2D eigenvalue weighted by Gasteiger charge is -2.31. The summed E-state index contributed by atoms with van der Waals surface area (Å²) < 4.78 is 5.23. The summed E-state index contributed by atoms with van der Waals surface area (Å²) in [5.74, 6) is 0.385. The Kier molecular flexibility index (Phi) is 7.52. The maximum Gasteiger partial charge on any atom is 0.407 e. The monoisotopic (exact) mass is 288 g/mol. The lowest BCUT2D eigenvalue weighted by atomic mass is 9.91. The molecule has 4 N–H and O–H groups in total. The minimum absolute atomic E-state index is 0.0910. The van der Waals surface area contributed by atoms with Crippen molar-refractivity contribution in [3.05, 3.63) is 0 Å². The zero-order valence-corrected chi connectivity index (χ0v) is 13.9. The molecular weight excluding hydrogens is 256 g/mol. The summed E-state index contributed by atoms with van der Waals surface area (Å²) in [6.07, 6.45) is -0.732. The first-order valence-electron chi connectivity index (χ1n) is 7.37. The third-order valence-corrected chi connectivity index (χ3v) is 3.19. The Bertz CT molecular complexity index is 298. The molecule has 0 aromatic carbocycles. The van der Waals surface area contributed by atoms with Crippen LogP contribution in [0.3, 0.4) is 0 Å². The van der Waals surface area contributed by atoms with Gasteiger partial charge in [0.2, 0.25) is 0 Å². The van der Waals surface area contributed by atoms with E-state index in [0.717, 1.165) is 0 Å². The van der Waals surface area contributed by atoms with Gasteiger partial charge < -0.3 is 20.9 Å². The minimum atomic E-state index is -0.681. The molecule has 0 aliphatic rings. The average Bonchev–Trinajstić information content (AvgIpc) is 2.22. The molecule has 0 aromatic heterocycles. The van der Waals surface area contributed by atoms with Gasteiger partial charge in [-0.2, -0.15) is 0 Å². The molecule has 0 fully saturated rings. The van der Waals surface area contributed by atoms with Crippen LogP contribution in [0.2, 0.25) is 0 Å². The Balaban J connectivity index is 4.61. The van der Waals surface area contributed by atoms with Gasteiger partial charge in [0.25, 0.3) is 0 Å². The molecule has 0 radical (unpaired) electrons. The summed E-state index contributed by atoms with van der Waals surface area (Å²) in [6, 6.07) is -0.457. The number of carbonyl (C=O) groups is 1. The van der Waals surface area contributed by atoms with Crippen LogP contribution in [0.4, 0.5) is 4.79 Å². The molecule has 0 rings (SSSR count). The van der Waals surface area contributed by atoms with Gasteiger partial charge in [-0.25, -0.2) is 4.79 Å². The summed E-state index contributed by atoms with van der Waals surface area (Å²) in [6.45, 7) is 13.4. The maximum absolute atomic E-state index is 11.8. The number of rotatable bonds is 6. The summed E-state index contributed by atoms with van der Waals surface area (Å²) in [7, 11) is 0. The molecule has 0 aliphatic carbocycles. The second kappa shape index (κ2) is 7.84. The minimum Gasteiger partial charge on any atom is -0.444 e. The second-order valence-corrected chi connectivity index (χ2v) is 7.13. The van der Waals surface area contributed by atoms with Crippen molar-refractivity contribution in [3.8, 4) is 0 Å². The zero-order valence-electron chi connectivity index (χ0n) is 13.9. The molecule has 5 nitrogen and oxygen atoms in total. The van der Waals surface area contributed by atoms with Crippen molar-refractivity contribution in [1.29, 1.82) is 0 Å². The van der Waals surface area contributed by atoms with E-state index in [1.165, 1.54) is 0 Å². The number of aliphatic hydroxyl groups is 1. The smallest absolute Gasteiger partial charge is 0.407 e. The molecule has 5 heteroatoms. The molecule has 0 heterocycles. The largest absolute Gasteiger partial charge is 0.444 e. The van der Waals surface area contributed by atoms with Crippen LogP contribution in [0.5, 0.6) is 0 Å². The Labute approximate surface area is 123 Å². The number of alkyl carbamates (subject to hydrolysis) is 1. The van der Waals surface area contributed by atoms with Crippen LogP contribution in [0.25, 0.3) is 0 Å². The SMILES string of the molecule is CC(C)C(N)CC(O)C(NC(=O)OC(C)(C)C)C(C)C. The third kappa shape index (κ3) is 7.70. The van der Waals surface area contributed by atoms with Gasteiger partial charge >= 0.3 is 6.09 Å². The molecule has 0 aromatic rings. The van der Waals surface area contributed by atoms with Gasteiger partial charge in [0, 0.05) is 6.04 Å². The van der Waals surface area contributed by atoms with E-state index in [9.17, 15) is 9.90 Å². The Morgan fingerprint density at radius 1 is 1.20 bits per heavy atom. The number of amides is 1. The molecule has 0 saturated carbocycles. The summed E-state index contributed by atoms with van der Waals surface area (Å²) >= 11 is 0. The Hall–Kier alpha value is -0.810. The quantitative estimate of drug-likeness (QED) is 0.700. The van der Waals surface area contributed by atoms with Crippen molar-refractivity contribution in [1.82, 2.24) is 5.32 Å². The van der Waals surface area contributed by atoms with Crippen molar-refractivity contribution in [2.24, 2.45) is 17.6 Å². The standard InChI is InChI=1S/C15H32N2O3/c1-9(2)11(16)8-12(18)13(10(3)4)17-14(19)20-15(5,6)7/h9-13,18H,8,16H2,1-7H3,(H,17,19). The number of carbonyl (C=O) groups excluding carboxylic acids is 1. The molecule has 0 saturated heterocycles. The van der Waals surface area contributed by atoms with Crippen molar-refractivity contribution >= 4 is 6.09 Å². The molecule has 3 unspecified atom stereocenters. The highest BCUT2D eigenvalue weighted by atomic mass is 16.6. The number of aliphatic hydroxyl groups excluding tert-OH is 1. The van der Waals surface area contributed by atoms with Gasteiger partial charge in [-0.15, -0.1) is 0 Å². The fraction of sp³-hybridized carbons (Fsp3) is 0.933. The molecule has 20 heavy (non-hydrogen) atoms. The number of nitrogens with two attached hydrogens (primary N) is 1. The first-order chi connectivity index (χ1) is 8.94. The third-order valence-electron chi connectivity index (χ3n) is 3.19. The Morgan fingerprint density at radius 2 is 1.70 bits per heavy atom. The molecule has 0 bridgehead atoms. The van der Waals surface area contributed by atoms with Crippen LogP contribution in [-0.4, -0.2) is 35.0 Å². The summed E-state index contributed by atoms with van der Waals surface area (Å²) in [5, 5.41) is 13.0. The van der Waals surface area contributed by atoms with Gasteiger partial charge in [0.15, 0.2) is 0 Å². The zero-order chi connectivity index (χ0) is 16.1. The highest BCUT2D eigenvalue weighted by Gasteiger charge is 2.28. The number of hydrogen-bond acceptors (Lipinski definition) is 4. The normalized spacial score (nSPS) is 16.9. The van der Waals surface area contributed by atoms with Gasteiger partial charge in [0.1, 0.15) is 5.60 Å². The molecule has 1 amide bonds. The maximum atomic E-state index is 11.8. The number of ether oxygens (including phenoxy) is 1. The van der Waals surface area contributed by atoms with Crippen molar-refractivity contribution in [3.63, 3.8) is 0 Å². The van der Waals surface area contributed by atoms with E-state index >= 15 is 0 Å². The van der Waals surface area contributed by atoms with Gasteiger partial charge in [-0.05, 0) is 39.0 Å². The second-order valence-electron chi connectivity index (χ2n) is 7.13. The van der Waals surface area contributed by atoms with Crippen molar-refractivity contribution < 1.29 is 14.6 Å². The fourth-order valence-electron chi connectivity index (χ4n) is 1.85. The number of nitrogens with one attached hydrogen (secondary N) is 1. The average molecular weight is 288 g/mol. The van der Waals surface area contributed by atoms with E-state index in [1.54, 1.807) is 0 Å². The molecule has 3 atom stereocenters. The van der Waals surface area contributed by atoms with Crippen LogP contribution in [-0.2, 0) is 4.74 Å². The molecule has 0 spiro atoms.